The second kappa shape index (κ2) is 8.55. The summed E-state index contributed by atoms with van der Waals surface area (Å²) in [5.41, 5.74) is 4.47. The van der Waals surface area contributed by atoms with E-state index in [1.807, 2.05) is 6.07 Å². The predicted molar refractivity (Wildman–Crippen MR) is 109 cm³/mol. The topological polar surface area (TPSA) is 41.8 Å². The summed E-state index contributed by atoms with van der Waals surface area (Å²) in [6, 6.07) is 14.6. The lowest BCUT2D eigenvalue weighted by Crippen LogP contribution is -2.28. The normalized spacial score (nSPS) is 15.7. The Labute approximate surface area is 161 Å². The van der Waals surface area contributed by atoms with Gasteiger partial charge in [-0.05, 0) is 62.3 Å². The molecule has 2 aromatic heterocycles. The molecule has 0 radical (unpaired) electrons. The fraction of sp³-hybridized carbons (Fsp3) is 0.409. The highest BCUT2D eigenvalue weighted by molar-refractivity contribution is 5.67. The zero-order chi connectivity index (χ0) is 18.5. The molecule has 1 fully saturated rings. The second-order valence-corrected chi connectivity index (χ2v) is 7.09. The lowest BCUT2D eigenvalue weighted by Gasteiger charge is -2.20. The van der Waals surface area contributed by atoms with Crippen molar-refractivity contribution >= 4 is 5.65 Å². The third-order valence-corrected chi connectivity index (χ3v) is 5.04. The zero-order valence-corrected chi connectivity index (χ0v) is 16.0. The average Bonchev–Trinajstić information content (AvgIpc) is 2.88. The van der Waals surface area contributed by atoms with Gasteiger partial charge in [0, 0.05) is 31.4 Å². The molecule has 0 spiro atoms. The maximum absolute atomic E-state index is 5.73. The third kappa shape index (κ3) is 4.15. The summed E-state index contributed by atoms with van der Waals surface area (Å²) in [4.78, 5) is 7.47. The van der Waals surface area contributed by atoms with Crippen LogP contribution in [0.15, 0.2) is 48.7 Å². The van der Waals surface area contributed by atoms with Crippen LogP contribution in [-0.2, 0) is 6.54 Å². The summed E-state index contributed by atoms with van der Waals surface area (Å²) < 4.78 is 7.96. The van der Waals surface area contributed by atoms with Gasteiger partial charge in [-0.2, -0.15) is 0 Å². The molecule has 0 atom stereocenters. The fourth-order valence-electron chi connectivity index (χ4n) is 3.63. The van der Waals surface area contributed by atoms with E-state index >= 15 is 0 Å². The molecule has 1 N–H and O–H groups in total. The number of pyridine rings is 1. The number of fused-ring (bicyclic) bond motifs is 1. The summed E-state index contributed by atoms with van der Waals surface area (Å²) in [5.74, 6) is 0.921. The summed E-state index contributed by atoms with van der Waals surface area (Å²) in [5, 5.41) is 3.49. The Kier molecular flexibility index (Phi) is 5.70. The molecular weight excluding hydrogens is 336 g/mol. The number of aromatic nitrogens is 2. The molecule has 1 saturated heterocycles. The molecule has 1 aromatic carbocycles. The quantitative estimate of drug-likeness (QED) is 0.726. The SMILES string of the molecule is CCCOc1ccc(-c2nc3ccccn3c2CN2CCCNCC2)cc1. The molecule has 1 aliphatic rings. The van der Waals surface area contributed by atoms with Crippen LogP contribution in [0.2, 0.25) is 0 Å². The number of nitrogens with zero attached hydrogens (tertiary/aromatic N) is 3. The molecule has 5 heteroatoms. The van der Waals surface area contributed by atoms with Crippen LogP contribution in [0.1, 0.15) is 25.5 Å². The van der Waals surface area contributed by atoms with Gasteiger partial charge in [0.15, 0.2) is 0 Å². The van der Waals surface area contributed by atoms with Crippen LogP contribution in [0.5, 0.6) is 5.75 Å². The number of hydrogen-bond acceptors (Lipinski definition) is 4. The van der Waals surface area contributed by atoms with Crippen LogP contribution < -0.4 is 10.1 Å². The first kappa shape index (κ1) is 18.0. The van der Waals surface area contributed by atoms with Gasteiger partial charge in [-0.15, -0.1) is 0 Å². The van der Waals surface area contributed by atoms with Gasteiger partial charge in [0.05, 0.1) is 18.0 Å². The van der Waals surface area contributed by atoms with Crippen molar-refractivity contribution in [2.24, 2.45) is 0 Å². The second-order valence-electron chi connectivity index (χ2n) is 7.09. The predicted octanol–water partition coefficient (Wildman–Crippen LogP) is 3.59. The average molecular weight is 364 g/mol. The maximum Gasteiger partial charge on any atom is 0.137 e. The number of benzene rings is 1. The van der Waals surface area contributed by atoms with Crippen LogP contribution in [0.4, 0.5) is 0 Å². The van der Waals surface area contributed by atoms with E-state index in [9.17, 15) is 0 Å². The van der Waals surface area contributed by atoms with Crippen molar-refractivity contribution in [3.63, 3.8) is 0 Å². The van der Waals surface area contributed by atoms with Gasteiger partial charge in [0.25, 0.3) is 0 Å². The number of hydrogen-bond donors (Lipinski definition) is 1. The van der Waals surface area contributed by atoms with Gasteiger partial charge in [0.1, 0.15) is 11.4 Å². The van der Waals surface area contributed by atoms with E-state index in [1.54, 1.807) is 0 Å². The number of imidazole rings is 1. The van der Waals surface area contributed by atoms with Crippen LogP contribution in [0.3, 0.4) is 0 Å². The van der Waals surface area contributed by atoms with Gasteiger partial charge >= 0.3 is 0 Å². The lowest BCUT2D eigenvalue weighted by molar-refractivity contribution is 0.281. The van der Waals surface area contributed by atoms with E-state index < -0.39 is 0 Å². The van der Waals surface area contributed by atoms with Gasteiger partial charge < -0.3 is 14.5 Å². The van der Waals surface area contributed by atoms with E-state index in [2.05, 4.69) is 64.1 Å². The molecule has 0 aliphatic carbocycles. The van der Waals surface area contributed by atoms with Crippen molar-refractivity contribution in [2.45, 2.75) is 26.3 Å². The summed E-state index contributed by atoms with van der Waals surface area (Å²) in [6.45, 7) is 8.14. The monoisotopic (exact) mass is 364 g/mol. The van der Waals surface area contributed by atoms with Crippen molar-refractivity contribution < 1.29 is 4.74 Å². The van der Waals surface area contributed by atoms with Gasteiger partial charge in [-0.25, -0.2) is 4.98 Å². The number of nitrogens with one attached hydrogen (secondary N) is 1. The highest BCUT2D eigenvalue weighted by Gasteiger charge is 2.18. The Hall–Kier alpha value is -2.37. The van der Waals surface area contributed by atoms with E-state index in [0.29, 0.717) is 0 Å². The molecule has 142 valence electrons. The molecular formula is C22H28N4O. The minimum absolute atomic E-state index is 0.752. The van der Waals surface area contributed by atoms with E-state index in [1.165, 1.54) is 12.1 Å². The van der Waals surface area contributed by atoms with Gasteiger partial charge in [-0.3, -0.25) is 4.90 Å². The summed E-state index contributed by atoms with van der Waals surface area (Å²) >= 11 is 0. The molecule has 3 heterocycles. The lowest BCUT2D eigenvalue weighted by atomic mass is 10.1. The number of ether oxygens (including phenoxy) is 1. The first-order chi connectivity index (χ1) is 13.3. The Morgan fingerprint density at radius 3 is 2.81 bits per heavy atom. The van der Waals surface area contributed by atoms with Crippen molar-refractivity contribution in [2.75, 3.05) is 32.8 Å². The Bertz CT molecular complexity index is 864. The Balaban J connectivity index is 1.67. The minimum atomic E-state index is 0.752. The van der Waals surface area contributed by atoms with Crippen LogP contribution in [0, 0.1) is 0 Å². The van der Waals surface area contributed by atoms with Gasteiger partial charge in [-0.1, -0.05) is 13.0 Å². The van der Waals surface area contributed by atoms with E-state index in [-0.39, 0.29) is 0 Å². The zero-order valence-electron chi connectivity index (χ0n) is 16.0. The molecule has 5 nitrogen and oxygen atoms in total. The van der Waals surface area contributed by atoms with Crippen molar-refractivity contribution in [1.29, 1.82) is 0 Å². The summed E-state index contributed by atoms with van der Waals surface area (Å²) in [6.07, 6.45) is 4.33. The Morgan fingerprint density at radius 1 is 1.07 bits per heavy atom. The fourth-order valence-corrected chi connectivity index (χ4v) is 3.63. The third-order valence-electron chi connectivity index (χ3n) is 5.04. The molecule has 0 amide bonds. The first-order valence-electron chi connectivity index (χ1n) is 9.97. The smallest absolute Gasteiger partial charge is 0.137 e. The largest absolute Gasteiger partial charge is 0.494 e. The molecule has 0 bridgehead atoms. The standard InChI is InChI=1S/C22H28N4O/c1-2-16-27-19-9-7-18(8-10-19)22-20(17-25-13-5-11-23-12-15-25)26-14-4-3-6-21(26)24-22/h3-4,6-10,14,23H,2,5,11-13,15-17H2,1H3. The molecule has 0 unspecified atom stereocenters. The minimum Gasteiger partial charge on any atom is -0.494 e. The maximum atomic E-state index is 5.73. The van der Waals surface area contributed by atoms with Crippen molar-refractivity contribution in [3.8, 4) is 17.0 Å². The van der Waals surface area contributed by atoms with Crippen molar-refractivity contribution in [3.05, 3.63) is 54.4 Å². The molecule has 27 heavy (non-hydrogen) atoms. The molecule has 3 aromatic rings. The Morgan fingerprint density at radius 2 is 1.96 bits per heavy atom. The van der Waals surface area contributed by atoms with E-state index in [0.717, 1.165) is 68.4 Å². The van der Waals surface area contributed by atoms with Crippen LogP contribution >= 0.6 is 0 Å². The summed E-state index contributed by atoms with van der Waals surface area (Å²) in [7, 11) is 0. The number of rotatable bonds is 6. The van der Waals surface area contributed by atoms with Crippen molar-refractivity contribution in [1.82, 2.24) is 19.6 Å². The highest BCUT2D eigenvalue weighted by atomic mass is 16.5. The van der Waals surface area contributed by atoms with Crippen LogP contribution in [-0.4, -0.2) is 47.1 Å². The van der Waals surface area contributed by atoms with Gasteiger partial charge in [0.2, 0.25) is 0 Å². The first-order valence-corrected chi connectivity index (χ1v) is 9.97. The molecule has 1 aliphatic heterocycles. The van der Waals surface area contributed by atoms with E-state index in [4.69, 9.17) is 9.72 Å². The van der Waals surface area contributed by atoms with Crippen LogP contribution in [0.25, 0.3) is 16.9 Å². The molecule has 0 saturated carbocycles. The molecule has 4 rings (SSSR count). The highest BCUT2D eigenvalue weighted by Crippen LogP contribution is 2.27.